The van der Waals surface area contributed by atoms with Gasteiger partial charge in [0, 0.05) is 17.0 Å². The predicted octanol–water partition coefficient (Wildman–Crippen LogP) is 4.37. The summed E-state index contributed by atoms with van der Waals surface area (Å²) in [5, 5.41) is 5.71. The summed E-state index contributed by atoms with van der Waals surface area (Å²) in [7, 11) is 0. The molecule has 1 amide bonds. The number of fused-ring (bicyclic) bond motifs is 1. The molecule has 2 aromatic heterocycles. The van der Waals surface area contributed by atoms with Gasteiger partial charge in [0.1, 0.15) is 11.4 Å². The third kappa shape index (κ3) is 3.99. The van der Waals surface area contributed by atoms with Gasteiger partial charge < -0.3 is 5.32 Å². The second kappa shape index (κ2) is 8.11. The second-order valence-corrected chi connectivity index (χ2v) is 9.17. The third-order valence-corrected chi connectivity index (χ3v) is 7.18. The molecule has 3 atom stereocenters. The van der Waals surface area contributed by atoms with Crippen LogP contribution in [0.15, 0.2) is 40.8 Å². The minimum atomic E-state index is -0.160. The van der Waals surface area contributed by atoms with Crippen molar-refractivity contribution >= 4 is 27.5 Å². The first-order chi connectivity index (χ1) is 13.9. The van der Waals surface area contributed by atoms with Crippen molar-refractivity contribution in [3.63, 3.8) is 0 Å². The molecule has 1 aliphatic carbocycles. The standard InChI is InChI=1S/C23H27N3O2S/c1-14-7-9-17(10-8-14)18-12-29-22-21(18)23(28)26(13-24-22)11-20(27)25-19-6-4-5-15(2)16(19)3/h7-10,12-13,15-16,19H,4-6,11H2,1-3H3,(H,25,27)/t15-,16-,19+/m0/s1. The fraction of sp³-hybridized carbons (Fsp3) is 0.435. The quantitative estimate of drug-likeness (QED) is 0.696. The van der Waals surface area contributed by atoms with E-state index < -0.39 is 0 Å². The van der Waals surface area contributed by atoms with E-state index in [-0.39, 0.29) is 24.1 Å². The smallest absolute Gasteiger partial charge is 0.263 e. The molecule has 5 nitrogen and oxygen atoms in total. The molecule has 1 aromatic carbocycles. The first kappa shape index (κ1) is 19.8. The zero-order valence-corrected chi connectivity index (χ0v) is 18.0. The maximum absolute atomic E-state index is 13.1. The maximum Gasteiger partial charge on any atom is 0.263 e. The number of carbonyl (C=O) groups is 1. The molecular formula is C23H27N3O2S. The van der Waals surface area contributed by atoms with Crippen LogP contribution in [0.25, 0.3) is 21.3 Å². The molecule has 152 valence electrons. The minimum Gasteiger partial charge on any atom is -0.352 e. The van der Waals surface area contributed by atoms with Crippen molar-refractivity contribution in [3.8, 4) is 11.1 Å². The largest absolute Gasteiger partial charge is 0.352 e. The van der Waals surface area contributed by atoms with Gasteiger partial charge >= 0.3 is 0 Å². The molecule has 0 spiro atoms. The second-order valence-electron chi connectivity index (χ2n) is 8.31. The zero-order valence-electron chi connectivity index (χ0n) is 17.1. The molecule has 6 heteroatoms. The van der Waals surface area contributed by atoms with Gasteiger partial charge in [-0.25, -0.2) is 4.98 Å². The summed E-state index contributed by atoms with van der Waals surface area (Å²) in [6, 6.07) is 8.29. The molecule has 1 saturated carbocycles. The summed E-state index contributed by atoms with van der Waals surface area (Å²) in [5.41, 5.74) is 2.89. The average molecular weight is 410 g/mol. The molecule has 4 rings (SSSR count). The Hall–Kier alpha value is -2.47. The van der Waals surface area contributed by atoms with Crippen LogP contribution < -0.4 is 10.9 Å². The first-order valence-corrected chi connectivity index (χ1v) is 11.1. The van der Waals surface area contributed by atoms with E-state index in [9.17, 15) is 9.59 Å². The number of hydrogen-bond acceptors (Lipinski definition) is 4. The summed E-state index contributed by atoms with van der Waals surface area (Å²) >= 11 is 1.46. The van der Waals surface area contributed by atoms with Crippen LogP contribution in [0, 0.1) is 18.8 Å². The van der Waals surface area contributed by atoms with E-state index in [2.05, 4.69) is 24.1 Å². The van der Waals surface area contributed by atoms with Crippen LogP contribution in [0.2, 0.25) is 0 Å². The van der Waals surface area contributed by atoms with Crippen molar-refractivity contribution in [2.45, 2.75) is 52.6 Å². The number of amides is 1. The number of benzene rings is 1. The summed E-state index contributed by atoms with van der Waals surface area (Å²) in [6.07, 6.45) is 4.85. The summed E-state index contributed by atoms with van der Waals surface area (Å²) in [4.78, 5) is 30.9. The third-order valence-electron chi connectivity index (χ3n) is 6.29. The molecule has 3 aromatic rings. The van der Waals surface area contributed by atoms with Gasteiger partial charge in [-0.2, -0.15) is 0 Å². The van der Waals surface area contributed by atoms with Gasteiger partial charge in [-0.05, 0) is 30.7 Å². The van der Waals surface area contributed by atoms with Crippen molar-refractivity contribution in [2.75, 3.05) is 0 Å². The number of thiophene rings is 1. The highest BCUT2D eigenvalue weighted by molar-refractivity contribution is 7.17. The molecule has 1 fully saturated rings. The van der Waals surface area contributed by atoms with E-state index in [0.29, 0.717) is 22.1 Å². The summed E-state index contributed by atoms with van der Waals surface area (Å²) in [6.45, 7) is 6.49. The zero-order chi connectivity index (χ0) is 20.5. The van der Waals surface area contributed by atoms with Gasteiger partial charge in [-0.3, -0.25) is 14.2 Å². The Kier molecular flexibility index (Phi) is 5.54. The van der Waals surface area contributed by atoms with Crippen LogP contribution in [0.3, 0.4) is 0 Å². The number of carbonyl (C=O) groups excluding carboxylic acids is 1. The highest BCUT2D eigenvalue weighted by atomic mass is 32.1. The highest BCUT2D eigenvalue weighted by Crippen LogP contribution is 2.31. The lowest BCUT2D eigenvalue weighted by Crippen LogP contribution is -2.45. The number of hydrogen-bond donors (Lipinski definition) is 1. The van der Waals surface area contributed by atoms with Crippen LogP contribution in [-0.4, -0.2) is 21.5 Å². The maximum atomic E-state index is 13.1. The fourth-order valence-electron chi connectivity index (χ4n) is 4.22. The van der Waals surface area contributed by atoms with E-state index in [4.69, 9.17) is 0 Å². The molecular weight excluding hydrogens is 382 g/mol. The Morgan fingerprint density at radius 3 is 2.76 bits per heavy atom. The molecule has 0 unspecified atom stereocenters. The van der Waals surface area contributed by atoms with E-state index in [1.54, 1.807) is 0 Å². The Morgan fingerprint density at radius 1 is 1.24 bits per heavy atom. The van der Waals surface area contributed by atoms with Crippen molar-refractivity contribution in [1.29, 1.82) is 0 Å². The number of aryl methyl sites for hydroxylation is 1. The SMILES string of the molecule is Cc1ccc(-c2csc3ncn(CC(=O)N[C@@H]4CCC[C@H](C)[C@@H]4C)c(=O)c23)cc1. The number of nitrogens with one attached hydrogen (secondary N) is 1. The van der Waals surface area contributed by atoms with Crippen molar-refractivity contribution in [1.82, 2.24) is 14.9 Å². The van der Waals surface area contributed by atoms with Crippen LogP contribution in [0.1, 0.15) is 38.7 Å². The van der Waals surface area contributed by atoms with Gasteiger partial charge in [0.15, 0.2) is 0 Å². The van der Waals surface area contributed by atoms with Crippen LogP contribution in [-0.2, 0) is 11.3 Å². The van der Waals surface area contributed by atoms with Crippen molar-refractivity contribution in [2.24, 2.45) is 11.8 Å². The Morgan fingerprint density at radius 2 is 2.00 bits per heavy atom. The molecule has 1 aliphatic rings. The number of nitrogens with zero attached hydrogens (tertiary/aromatic N) is 2. The Balaban J connectivity index is 1.59. The van der Waals surface area contributed by atoms with E-state index >= 15 is 0 Å². The number of rotatable bonds is 4. The Bertz CT molecular complexity index is 1080. The van der Waals surface area contributed by atoms with Gasteiger partial charge in [-0.15, -0.1) is 11.3 Å². The first-order valence-electron chi connectivity index (χ1n) is 10.3. The van der Waals surface area contributed by atoms with Crippen LogP contribution >= 0.6 is 11.3 Å². The molecule has 0 aliphatic heterocycles. The number of aromatic nitrogens is 2. The molecule has 29 heavy (non-hydrogen) atoms. The molecule has 2 heterocycles. The van der Waals surface area contributed by atoms with Gasteiger partial charge in [0.05, 0.1) is 11.7 Å². The normalized spacial score (nSPS) is 22.0. The lowest BCUT2D eigenvalue weighted by molar-refractivity contribution is -0.123. The van der Waals surface area contributed by atoms with E-state index in [1.807, 2.05) is 36.6 Å². The lowest BCUT2D eigenvalue weighted by atomic mass is 9.78. The average Bonchev–Trinajstić information content (AvgIpc) is 3.13. The Labute approximate surface area is 174 Å². The van der Waals surface area contributed by atoms with Crippen molar-refractivity contribution in [3.05, 3.63) is 51.9 Å². The van der Waals surface area contributed by atoms with E-state index in [1.165, 1.54) is 34.2 Å². The fourth-order valence-corrected chi connectivity index (χ4v) is 5.13. The van der Waals surface area contributed by atoms with Crippen LogP contribution in [0.5, 0.6) is 0 Å². The molecule has 0 radical (unpaired) electrons. The van der Waals surface area contributed by atoms with E-state index in [0.717, 1.165) is 24.0 Å². The highest BCUT2D eigenvalue weighted by Gasteiger charge is 2.28. The molecule has 0 saturated heterocycles. The lowest BCUT2D eigenvalue weighted by Gasteiger charge is -2.34. The summed E-state index contributed by atoms with van der Waals surface area (Å²) < 4.78 is 1.43. The van der Waals surface area contributed by atoms with Gasteiger partial charge in [0.25, 0.3) is 5.56 Å². The topological polar surface area (TPSA) is 64.0 Å². The van der Waals surface area contributed by atoms with Gasteiger partial charge in [0.2, 0.25) is 5.91 Å². The molecule has 0 bridgehead atoms. The van der Waals surface area contributed by atoms with Gasteiger partial charge in [-0.1, -0.05) is 56.5 Å². The minimum absolute atomic E-state index is 0.00254. The van der Waals surface area contributed by atoms with Crippen molar-refractivity contribution < 1.29 is 4.79 Å². The molecule has 1 N–H and O–H groups in total. The predicted molar refractivity (Wildman–Crippen MR) is 118 cm³/mol. The summed E-state index contributed by atoms with van der Waals surface area (Å²) in [5.74, 6) is 0.944. The monoisotopic (exact) mass is 409 g/mol. The van der Waals surface area contributed by atoms with Crippen LogP contribution in [0.4, 0.5) is 0 Å².